The number of aliphatic hydroxyl groups excluding tert-OH is 1. The Morgan fingerprint density at radius 2 is 1.90 bits per heavy atom. The molecule has 0 fully saturated rings. The molecule has 1 aromatic heterocycles. The Labute approximate surface area is 133 Å². The van der Waals surface area contributed by atoms with Crippen LogP contribution in [-0.4, -0.2) is 28.2 Å². The minimum Gasteiger partial charge on any atom is -0.460 e. The van der Waals surface area contributed by atoms with E-state index in [2.05, 4.69) is 4.98 Å². The topological polar surface area (TPSA) is 85.4 Å². The molecule has 0 bridgehead atoms. The van der Waals surface area contributed by atoms with E-state index >= 15 is 0 Å². The zero-order valence-corrected chi connectivity index (χ0v) is 13.4. The Morgan fingerprint density at radius 1 is 1.40 bits per heavy atom. The van der Waals surface area contributed by atoms with Crippen molar-refractivity contribution in [1.29, 1.82) is 0 Å². The van der Waals surface area contributed by atoms with Crippen molar-refractivity contribution in [3.63, 3.8) is 0 Å². The van der Waals surface area contributed by atoms with Crippen LogP contribution < -0.4 is 5.73 Å². The molecule has 114 valence electrons. The largest absolute Gasteiger partial charge is 0.460 e. The molecule has 2 atom stereocenters. The third-order valence-electron chi connectivity index (χ3n) is 2.53. The first-order valence-corrected chi connectivity index (χ1v) is 6.49. The summed E-state index contributed by atoms with van der Waals surface area (Å²) in [7, 11) is 0. The van der Waals surface area contributed by atoms with Crippen molar-refractivity contribution < 1.29 is 14.6 Å². The lowest BCUT2D eigenvalue weighted by molar-refractivity contribution is -0.150. The summed E-state index contributed by atoms with van der Waals surface area (Å²) < 4.78 is 5.00. The van der Waals surface area contributed by atoms with Gasteiger partial charge in [-0.3, -0.25) is 4.79 Å². The fraction of sp³-hybridized carbons (Fsp3) is 0.500. The molecule has 1 aromatic rings. The number of rotatable bonds is 5. The molecule has 0 unspecified atom stereocenters. The third kappa shape index (κ3) is 5.81. The highest BCUT2D eigenvalue weighted by Crippen LogP contribution is 2.16. The number of ether oxygens (including phenoxy) is 1. The van der Waals surface area contributed by atoms with Crippen molar-refractivity contribution in [2.75, 3.05) is 0 Å². The molecular weight excluding hydrogens is 327 g/mol. The SMILES string of the molecule is CC(C)[C@@H](O)[C@H](N)C(=O)OCc1cc(Cl)nc(Cl)c1.Cl. The van der Waals surface area contributed by atoms with Gasteiger partial charge in [0.2, 0.25) is 0 Å². The smallest absolute Gasteiger partial charge is 0.325 e. The summed E-state index contributed by atoms with van der Waals surface area (Å²) in [6.07, 6.45) is -0.947. The van der Waals surface area contributed by atoms with Gasteiger partial charge in [0, 0.05) is 0 Å². The minimum absolute atomic E-state index is 0. The first-order valence-electron chi connectivity index (χ1n) is 5.73. The van der Waals surface area contributed by atoms with Gasteiger partial charge in [-0.05, 0) is 23.6 Å². The second kappa shape index (κ2) is 8.64. The Balaban J connectivity index is 0.00000361. The van der Waals surface area contributed by atoms with Crippen molar-refractivity contribution in [3.8, 4) is 0 Å². The maximum Gasteiger partial charge on any atom is 0.325 e. The van der Waals surface area contributed by atoms with Crippen LogP contribution in [0.4, 0.5) is 0 Å². The van der Waals surface area contributed by atoms with Gasteiger partial charge in [-0.15, -0.1) is 12.4 Å². The minimum atomic E-state index is -1.08. The average molecular weight is 344 g/mol. The van der Waals surface area contributed by atoms with E-state index in [0.717, 1.165) is 0 Å². The van der Waals surface area contributed by atoms with E-state index in [9.17, 15) is 9.90 Å². The van der Waals surface area contributed by atoms with E-state index < -0.39 is 18.1 Å². The van der Waals surface area contributed by atoms with Crippen molar-refractivity contribution in [2.24, 2.45) is 11.7 Å². The first kappa shape index (κ1) is 19.4. The number of pyridine rings is 1. The summed E-state index contributed by atoms with van der Waals surface area (Å²) in [5, 5.41) is 10.1. The molecule has 0 amide bonds. The molecule has 0 aliphatic carbocycles. The lowest BCUT2D eigenvalue weighted by Crippen LogP contribution is -2.45. The second-order valence-corrected chi connectivity index (χ2v) is 5.26. The summed E-state index contributed by atoms with van der Waals surface area (Å²) in [5.41, 5.74) is 6.20. The summed E-state index contributed by atoms with van der Waals surface area (Å²) in [4.78, 5) is 15.4. The summed E-state index contributed by atoms with van der Waals surface area (Å²) in [5.74, 6) is -0.808. The zero-order valence-electron chi connectivity index (χ0n) is 11.0. The highest BCUT2D eigenvalue weighted by atomic mass is 35.5. The highest BCUT2D eigenvalue weighted by Gasteiger charge is 2.26. The first-order chi connectivity index (χ1) is 8.81. The normalized spacial score (nSPS) is 13.6. The number of carbonyl (C=O) groups excluding carboxylic acids is 1. The average Bonchev–Trinajstić information content (AvgIpc) is 2.32. The van der Waals surface area contributed by atoms with Gasteiger partial charge in [0.15, 0.2) is 0 Å². The third-order valence-corrected chi connectivity index (χ3v) is 2.91. The van der Waals surface area contributed by atoms with Crippen LogP contribution in [0.3, 0.4) is 0 Å². The number of hydrogen-bond donors (Lipinski definition) is 2. The van der Waals surface area contributed by atoms with Gasteiger partial charge in [0.1, 0.15) is 23.0 Å². The maximum atomic E-state index is 11.6. The van der Waals surface area contributed by atoms with Gasteiger partial charge < -0.3 is 15.6 Å². The van der Waals surface area contributed by atoms with E-state index in [4.69, 9.17) is 33.7 Å². The van der Waals surface area contributed by atoms with Crippen LogP contribution in [-0.2, 0) is 16.1 Å². The molecule has 0 saturated heterocycles. The number of halogens is 3. The summed E-state index contributed by atoms with van der Waals surface area (Å²) >= 11 is 11.4. The van der Waals surface area contributed by atoms with E-state index in [-0.39, 0.29) is 35.2 Å². The predicted octanol–water partition coefficient (Wildman–Crippen LogP) is 2.20. The number of hydrogen-bond acceptors (Lipinski definition) is 5. The standard InChI is InChI=1S/C12H16Cl2N2O3.ClH/c1-6(2)11(17)10(15)12(18)19-5-7-3-8(13)16-9(14)4-7;/h3-4,6,10-11,17H,5,15H2,1-2H3;1H/t10-,11+;/m0./s1. The van der Waals surface area contributed by atoms with Crippen LogP contribution >= 0.6 is 35.6 Å². The predicted molar refractivity (Wildman–Crippen MR) is 80.1 cm³/mol. The van der Waals surface area contributed by atoms with Gasteiger partial charge in [-0.2, -0.15) is 0 Å². The summed E-state index contributed by atoms with van der Waals surface area (Å²) in [6, 6.07) is 1.99. The molecule has 1 heterocycles. The summed E-state index contributed by atoms with van der Waals surface area (Å²) in [6.45, 7) is 3.50. The van der Waals surface area contributed by atoms with Crippen molar-refractivity contribution in [2.45, 2.75) is 32.6 Å². The van der Waals surface area contributed by atoms with Gasteiger partial charge >= 0.3 is 5.97 Å². The number of aromatic nitrogens is 1. The van der Waals surface area contributed by atoms with E-state index in [1.807, 2.05) is 0 Å². The Bertz CT molecular complexity index is 437. The number of carbonyl (C=O) groups is 1. The van der Waals surface area contributed by atoms with Crippen LogP contribution in [0, 0.1) is 5.92 Å². The van der Waals surface area contributed by atoms with E-state index in [1.165, 1.54) is 12.1 Å². The quantitative estimate of drug-likeness (QED) is 0.632. The Morgan fingerprint density at radius 3 is 2.35 bits per heavy atom. The van der Waals surface area contributed by atoms with Crippen molar-refractivity contribution in [3.05, 3.63) is 28.0 Å². The van der Waals surface area contributed by atoms with Gasteiger partial charge in [0.25, 0.3) is 0 Å². The number of esters is 1. The molecule has 0 saturated carbocycles. The van der Waals surface area contributed by atoms with Crippen LogP contribution in [0.15, 0.2) is 12.1 Å². The lowest BCUT2D eigenvalue weighted by atomic mass is 10.0. The molecule has 1 rings (SSSR count). The van der Waals surface area contributed by atoms with Crippen LogP contribution in [0.2, 0.25) is 10.3 Å². The van der Waals surface area contributed by atoms with E-state index in [0.29, 0.717) is 5.56 Å². The molecule has 8 heteroatoms. The highest BCUT2D eigenvalue weighted by molar-refractivity contribution is 6.32. The molecule has 0 aliphatic heterocycles. The van der Waals surface area contributed by atoms with Crippen molar-refractivity contribution >= 4 is 41.6 Å². The number of nitrogens with zero attached hydrogens (tertiary/aromatic N) is 1. The lowest BCUT2D eigenvalue weighted by Gasteiger charge is -2.20. The Kier molecular flexibility index (Phi) is 8.39. The fourth-order valence-electron chi connectivity index (χ4n) is 1.40. The van der Waals surface area contributed by atoms with Gasteiger partial charge in [-0.25, -0.2) is 4.98 Å². The fourth-order valence-corrected chi connectivity index (χ4v) is 1.91. The number of nitrogens with two attached hydrogens (primary N) is 1. The van der Waals surface area contributed by atoms with Gasteiger partial charge in [-0.1, -0.05) is 37.0 Å². The van der Waals surface area contributed by atoms with Crippen molar-refractivity contribution in [1.82, 2.24) is 4.98 Å². The molecule has 20 heavy (non-hydrogen) atoms. The van der Waals surface area contributed by atoms with Crippen LogP contribution in [0.1, 0.15) is 19.4 Å². The molecule has 0 spiro atoms. The Hall–Kier alpha value is -0.590. The zero-order chi connectivity index (χ0) is 14.6. The molecule has 0 radical (unpaired) electrons. The monoisotopic (exact) mass is 342 g/mol. The maximum absolute atomic E-state index is 11.6. The number of aliphatic hydroxyl groups is 1. The van der Waals surface area contributed by atoms with Crippen LogP contribution in [0.5, 0.6) is 0 Å². The molecule has 3 N–H and O–H groups in total. The van der Waals surface area contributed by atoms with Gasteiger partial charge in [0.05, 0.1) is 6.10 Å². The molecular formula is C12H17Cl3N2O3. The second-order valence-electron chi connectivity index (χ2n) is 4.49. The molecule has 0 aromatic carbocycles. The molecule has 0 aliphatic rings. The van der Waals surface area contributed by atoms with Crippen LogP contribution in [0.25, 0.3) is 0 Å². The molecule has 5 nitrogen and oxygen atoms in total. The van der Waals surface area contributed by atoms with E-state index in [1.54, 1.807) is 13.8 Å².